The summed E-state index contributed by atoms with van der Waals surface area (Å²) in [5, 5.41) is 2.32. The summed E-state index contributed by atoms with van der Waals surface area (Å²) in [7, 11) is 1.41. The summed E-state index contributed by atoms with van der Waals surface area (Å²) in [6, 6.07) is 0. The first kappa shape index (κ1) is 13.6. The Morgan fingerprint density at radius 3 is 2.09 bits per heavy atom. The molecule has 0 aliphatic rings. The molecule has 70 valence electrons. The summed E-state index contributed by atoms with van der Waals surface area (Å²) in [6.45, 7) is -0.250. The van der Waals surface area contributed by atoms with E-state index in [1.54, 1.807) is 0 Å². The number of alkyl halides is 4. The standard InChI is InChI=1S/C5H9F4N.ClH/c1-10-3-4(6)2-5(7,8)9;/h4,10H,2-3H2,1H3;1H. The summed E-state index contributed by atoms with van der Waals surface area (Å²) < 4.78 is 46.2. The molecule has 0 spiro atoms. The fourth-order valence-corrected chi connectivity index (χ4v) is 0.545. The molecule has 11 heavy (non-hydrogen) atoms. The highest BCUT2D eigenvalue weighted by Crippen LogP contribution is 2.22. The minimum atomic E-state index is -4.39. The Labute approximate surface area is 68.6 Å². The molecular formula is C5H10ClF4N. The van der Waals surface area contributed by atoms with Crippen molar-refractivity contribution in [3.8, 4) is 0 Å². The maximum atomic E-state index is 12.1. The Kier molecular flexibility index (Phi) is 6.90. The molecule has 0 amide bonds. The van der Waals surface area contributed by atoms with Gasteiger partial charge >= 0.3 is 6.18 Å². The van der Waals surface area contributed by atoms with E-state index in [0.717, 1.165) is 0 Å². The lowest BCUT2D eigenvalue weighted by atomic mass is 10.3. The molecule has 6 heteroatoms. The average Bonchev–Trinajstić information content (AvgIpc) is 1.59. The molecule has 1 atom stereocenters. The van der Waals surface area contributed by atoms with E-state index in [4.69, 9.17) is 0 Å². The Balaban J connectivity index is 0. The van der Waals surface area contributed by atoms with Gasteiger partial charge in [-0.2, -0.15) is 13.2 Å². The van der Waals surface area contributed by atoms with E-state index in [2.05, 4.69) is 5.32 Å². The molecular weight excluding hydrogens is 186 g/mol. The van der Waals surface area contributed by atoms with Crippen molar-refractivity contribution < 1.29 is 17.6 Å². The van der Waals surface area contributed by atoms with Crippen molar-refractivity contribution in [3.63, 3.8) is 0 Å². The monoisotopic (exact) mass is 195 g/mol. The lowest BCUT2D eigenvalue weighted by Crippen LogP contribution is -2.25. The molecule has 0 fully saturated rings. The molecule has 0 aromatic rings. The van der Waals surface area contributed by atoms with E-state index >= 15 is 0 Å². The lowest BCUT2D eigenvalue weighted by molar-refractivity contribution is -0.145. The number of halogens is 5. The quantitative estimate of drug-likeness (QED) is 0.679. The van der Waals surface area contributed by atoms with Crippen molar-refractivity contribution >= 4 is 12.4 Å². The highest BCUT2D eigenvalue weighted by Gasteiger charge is 2.31. The van der Waals surface area contributed by atoms with E-state index in [-0.39, 0.29) is 19.0 Å². The minimum Gasteiger partial charge on any atom is -0.317 e. The van der Waals surface area contributed by atoms with Crippen LogP contribution in [0.3, 0.4) is 0 Å². The van der Waals surface area contributed by atoms with Crippen LogP contribution in [0.2, 0.25) is 0 Å². The van der Waals surface area contributed by atoms with E-state index in [9.17, 15) is 17.6 Å². The van der Waals surface area contributed by atoms with Crippen LogP contribution in [0.4, 0.5) is 17.6 Å². The fourth-order valence-electron chi connectivity index (χ4n) is 0.545. The largest absolute Gasteiger partial charge is 0.391 e. The second kappa shape index (κ2) is 5.60. The number of nitrogens with one attached hydrogen (secondary N) is 1. The van der Waals surface area contributed by atoms with Gasteiger partial charge in [0.15, 0.2) is 0 Å². The smallest absolute Gasteiger partial charge is 0.317 e. The first-order chi connectivity index (χ1) is 4.45. The second-order valence-electron chi connectivity index (χ2n) is 1.97. The van der Waals surface area contributed by atoms with Crippen LogP contribution >= 0.6 is 12.4 Å². The molecule has 0 aliphatic carbocycles. The molecule has 1 N–H and O–H groups in total. The van der Waals surface area contributed by atoms with E-state index in [0.29, 0.717) is 0 Å². The van der Waals surface area contributed by atoms with Gasteiger partial charge in [0.25, 0.3) is 0 Å². The maximum Gasteiger partial charge on any atom is 0.391 e. The van der Waals surface area contributed by atoms with Gasteiger partial charge in [-0.1, -0.05) is 0 Å². The molecule has 0 heterocycles. The third-order valence-corrected chi connectivity index (χ3v) is 0.879. The topological polar surface area (TPSA) is 12.0 Å². The molecule has 0 saturated carbocycles. The van der Waals surface area contributed by atoms with Gasteiger partial charge in [-0.25, -0.2) is 4.39 Å². The van der Waals surface area contributed by atoms with Crippen LogP contribution in [0, 0.1) is 0 Å². The van der Waals surface area contributed by atoms with Crippen LogP contribution < -0.4 is 5.32 Å². The highest BCUT2D eigenvalue weighted by atomic mass is 35.5. The predicted octanol–water partition coefficient (Wildman–Crippen LogP) is 1.92. The van der Waals surface area contributed by atoms with Crippen molar-refractivity contribution in [1.82, 2.24) is 5.32 Å². The number of rotatable bonds is 3. The molecule has 0 aromatic heterocycles. The highest BCUT2D eigenvalue weighted by molar-refractivity contribution is 5.85. The summed E-state index contributed by atoms with van der Waals surface area (Å²) in [4.78, 5) is 0. The van der Waals surface area contributed by atoms with Gasteiger partial charge in [-0.3, -0.25) is 0 Å². The van der Waals surface area contributed by atoms with Gasteiger partial charge in [0.05, 0.1) is 6.42 Å². The van der Waals surface area contributed by atoms with Gasteiger partial charge in [0.1, 0.15) is 6.17 Å². The van der Waals surface area contributed by atoms with Crippen LogP contribution in [0.25, 0.3) is 0 Å². The third-order valence-electron chi connectivity index (χ3n) is 0.879. The van der Waals surface area contributed by atoms with Gasteiger partial charge in [0.2, 0.25) is 0 Å². The Morgan fingerprint density at radius 2 is 1.82 bits per heavy atom. The molecule has 0 aromatic carbocycles. The first-order valence-electron chi connectivity index (χ1n) is 2.81. The predicted molar refractivity (Wildman–Crippen MR) is 36.7 cm³/mol. The van der Waals surface area contributed by atoms with E-state index in [1.807, 2.05) is 0 Å². The molecule has 0 rings (SSSR count). The molecule has 1 unspecified atom stereocenters. The normalized spacial score (nSPS) is 13.9. The van der Waals surface area contributed by atoms with Gasteiger partial charge in [0, 0.05) is 6.54 Å². The maximum absolute atomic E-state index is 12.1. The summed E-state index contributed by atoms with van der Waals surface area (Å²) >= 11 is 0. The zero-order valence-electron chi connectivity index (χ0n) is 5.91. The first-order valence-corrected chi connectivity index (χ1v) is 2.81. The van der Waals surface area contributed by atoms with Crippen molar-refractivity contribution in [1.29, 1.82) is 0 Å². The minimum absolute atomic E-state index is 0. The van der Waals surface area contributed by atoms with Crippen LogP contribution in [0.5, 0.6) is 0 Å². The zero-order chi connectivity index (χ0) is 8.20. The zero-order valence-corrected chi connectivity index (χ0v) is 6.73. The number of hydrogen-bond acceptors (Lipinski definition) is 1. The molecule has 1 nitrogen and oxygen atoms in total. The van der Waals surface area contributed by atoms with Gasteiger partial charge < -0.3 is 5.32 Å². The Hall–Kier alpha value is -0.0300. The van der Waals surface area contributed by atoms with Crippen molar-refractivity contribution in [2.24, 2.45) is 0 Å². The van der Waals surface area contributed by atoms with E-state index in [1.165, 1.54) is 7.05 Å². The average molecular weight is 196 g/mol. The Morgan fingerprint density at radius 1 is 1.36 bits per heavy atom. The second-order valence-corrected chi connectivity index (χ2v) is 1.97. The molecule has 0 bridgehead atoms. The Bertz CT molecular complexity index is 95.0. The van der Waals surface area contributed by atoms with Gasteiger partial charge in [-0.05, 0) is 7.05 Å². The molecule has 0 aliphatic heterocycles. The van der Waals surface area contributed by atoms with Crippen LogP contribution in [-0.2, 0) is 0 Å². The fraction of sp³-hybridized carbons (Fsp3) is 1.00. The van der Waals surface area contributed by atoms with Crippen molar-refractivity contribution in [3.05, 3.63) is 0 Å². The van der Waals surface area contributed by atoms with E-state index < -0.39 is 18.8 Å². The van der Waals surface area contributed by atoms with Crippen molar-refractivity contribution in [2.45, 2.75) is 18.8 Å². The summed E-state index contributed by atoms with van der Waals surface area (Å²) in [6.07, 6.45) is -7.59. The number of hydrogen-bond donors (Lipinski definition) is 1. The van der Waals surface area contributed by atoms with Crippen molar-refractivity contribution in [2.75, 3.05) is 13.6 Å². The lowest BCUT2D eigenvalue weighted by Gasteiger charge is -2.09. The SMILES string of the molecule is CNCC(F)CC(F)(F)F.Cl. The van der Waals surface area contributed by atoms with Crippen LogP contribution in [0.15, 0.2) is 0 Å². The molecule has 0 radical (unpaired) electrons. The van der Waals surface area contributed by atoms with Crippen LogP contribution in [0.1, 0.15) is 6.42 Å². The van der Waals surface area contributed by atoms with Crippen LogP contribution in [-0.4, -0.2) is 25.9 Å². The summed E-state index contributed by atoms with van der Waals surface area (Å²) in [5.41, 5.74) is 0. The summed E-state index contributed by atoms with van der Waals surface area (Å²) in [5.74, 6) is 0. The third kappa shape index (κ3) is 9.97. The van der Waals surface area contributed by atoms with Gasteiger partial charge in [-0.15, -0.1) is 12.4 Å². The molecule has 0 saturated heterocycles.